The topological polar surface area (TPSA) is 63.7 Å². The van der Waals surface area contributed by atoms with Crippen LogP contribution in [0.5, 0.6) is 0 Å². The van der Waals surface area contributed by atoms with Gasteiger partial charge in [-0.3, -0.25) is 4.31 Å². The summed E-state index contributed by atoms with van der Waals surface area (Å²) < 4.78 is 32.7. The first-order chi connectivity index (χ1) is 12.3. The molecule has 3 rings (SSSR count). The van der Waals surface area contributed by atoms with E-state index in [0.717, 1.165) is 5.56 Å². The zero-order valence-electron chi connectivity index (χ0n) is 14.4. The van der Waals surface area contributed by atoms with Crippen LogP contribution < -0.4 is 4.31 Å². The summed E-state index contributed by atoms with van der Waals surface area (Å²) in [6.45, 7) is 3.74. The van der Waals surface area contributed by atoms with Crippen LogP contribution in [0, 0.1) is 6.92 Å². The average molecular weight is 392 g/mol. The summed E-state index contributed by atoms with van der Waals surface area (Å²) in [5, 5.41) is 0.450. The van der Waals surface area contributed by atoms with Gasteiger partial charge in [0.25, 0.3) is 10.0 Å². The standard InChI is InChI=1S/C19H18ClNO4S/c1-3-25-19(22)15-11-14-5-4-13(2)10-18(14)21(12-15)26(23,24)17-8-6-16(20)7-9-17/h4-11H,3,12H2,1-2H3. The number of aryl methyl sites for hydroxylation is 1. The van der Waals surface area contributed by atoms with E-state index < -0.39 is 16.0 Å². The Kier molecular flexibility index (Phi) is 5.07. The van der Waals surface area contributed by atoms with Gasteiger partial charge in [0.05, 0.1) is 29.3 Å². The van der Waals surface area contributed by atoms with Gasteiger partial charge in [-0.25, -0.2) is 13.2 Å². The number of ether oxygens (including phenoxy) is 1. The van der Waals surface area contributed by atoms with Gasteiger partial charge in [0, 0.05) is 5.02 Å². The van der Waals surface area contributed by atoms with Gasteiger partial charge in [0.15, 0.2) is 0 Å². The molecule has 0 saturated heterocycles. The molecule has 0 aromatic heterocycles. The number of esters is 1. The summed E-state index contributed by atoms with van der Waals surface area (Å²) in [5.74, 6) is -0.518. The number of sulfonamides is 1. The summed E-state index contributed by atoms with van der Waals surface area (Å²) in [5.41, 5.74) is 2.41. The molecular weight excluding hydrogens is 374 g/mol. The molecule has 26 heavy (non-hydrogen) atoms. The molecule has 1 aliphatic rings. The van der Waals surface area contributed by atoms with Crippen LogP contribution in [0.25, 0.3) is 6.08 Å². The Morgan fingerprint density at radius 3 is 2.54 bits per heavy atom. The molecule has 0 N–H and O–H groups in total. The molecule has 0 bridgehead atoms. The molecule has 2 aromatic rings. The van der Waals surface area contributed by atoms with Gasteiger partial charge in [-0.15, -0.1) is 0 Å². The van der Waals surface area contributed by atoms with Crippen LogP contribution in [-0.2, 0) is 19.6 Å². The van der Waals surface area contributed by atoms with Crippen molar-refractivity contribution in [3.8, 4) is 0 Å². The second kappa shape index (κ2) is 7.13. The van der Waals surface area contributed by atoms with E-state index in [1.807, 2.05) is 13.0 Å². The van der Waals surface area contributed by atoms with Gasteiger partial charge in [-0.05, 0) is 61.4 Å². The lowest BCUT2D eigenvalue weighted by molar-refractivity contribution is -0.138. The van der Waals surface area contributed by atoms with Gasteiger partial charge >= 0.3 is 5.97 Å². The lowest BCUT2D eigenvalue weighted by atomic mass is 10.0. The molecule has 2 aromatic carbocycles. The van der Waals surface area contributed by atoms with Crippen molar-refractivity contribution in [3.63, 3.8) is 0 Å². The average Bonchev–Trinajstić information content (AvgIpc) is 2.61. The van der Waals surface area contributed by atoms with E-state index in [2.05, 4.69) is 0 Å². The summed E-state index contributed by atoms with van der Waals surface area (Å²) >= 11 is 5.87. The fourth-order valence-corrected chi connectivity index (χ4v) is 4.35. The Balaban J connectivity index is 2.12. The van der Waals surface area contributed by atoms with Crippen LogP contribution in [-0.4, -0.2) is 27.5 Å². The molecular formula is C19H18ClNO4S. The second-order valence-corrected chi connectivity index (χ2v) is 8.22. The highest BCUT2D eigenvalue weighted by Crippen LogP contribution is 2.34. The van der Waals surface area contributed by atoms with Gasteiger partial charge < -0.3 is 4.74 Å². The maximum atomic E-state index is 13.2. The quantitative estimate of drug-likeness (QED) is 0.743. The van der Waals surface area contributed by atoms with Crippen molar-refractivity contribution >= 4 is 39.4 Å². The smallest absolute Gasteiger partial charge is 0.335 e. The highest BCUT2D eigenvalue weighted by atomic mass is 35.5. The molecule has 0 atom stereocenters. The number of carbonyl (C=O) groups excluding carboxylic acids is 1. The summed E-state index contributed by atoms with van der Waals surface area (Å²) in [6, 6.07) is 11.4. The molecule has 1 heterocycles. The van der Waals surface area contributed by atoms with Gasteiger partial charge in [-0.1, -0.05) is 23.7 Å². The zero-order chi connectivity index (χ0) is 18.9. The molecule has 0 spiro atoms. The van der Waals surface area contributed by atoms with Crippen molar-refractivity contribution in [2.75, 3.05) is 17.5 Å². The fourth-order valence-electron chi connectivity index (χ4n) is 2.76. The highest BCUT2D eigenvalue weighted by Gasteiger charge is 2.32. The number of anilines is 1. The lowest BCUT2D eigenvalue weighted by Crippen LogP contribution is -2.37. The van der Waals surface area contributed by atoms with E-state index in [-0.39, 0.29) is 18.0 Å². The maximum absolute atomic E-state index is 13.2. The number of hydrogen-bond donors (Lipinski definition) is 0. The Morgan fingerprint density at radius 1 is 1.19 bits per heavy atom. The first-order valence-electron chi connectivity index (χ1n) is 8.09. The number of rotatable bonds is 4. The minimum absolute atomic E-state index is 0.0831. The van der Waals surface area contributed by atoms with E-state index >= 15 is 0 Å². The lowest BCUT2D eigenvalue weighted by Gasteiger charge is -2.30. The molecule has 0 amide bonds. The molecule has 0 unspecified atom stereocenters. The predicted octanol–water partition coefficient (Wildman–Crippen LogP) is 3.80. The van der Waals surface area contributed by atoms with E-state index in [1.165, 1.54) is 28.6 Å². The molecule has 5 nitrogen and oxygen atoms in total. The van der Waals surface area contributed by atoms with Crippen molar-refractivity contribution in [1.82, 2.24) is 0 Å². The Labute approximate surface area is 157 Å². The monoisotopic (exact) mass is 391 g/mol. The Morgan fingerprint density at radius 2 is 1.88 bits per heavy atom. The first-order valence-corrected chi connectivity index (χ1v) is 9.91. The van der Waals surface area contributed by atoms with E-state index in [9.17, 15) is 13.2 Å². The zero-order valence-corrected chi connectivity index (χ0v) is 16.0. The van der Waals surface area contributed by atoms with Crippen LogP contribution >= 0.6 is 11.6 Å². The third-order valence-electron chi connectivity index (χ3n) is 4.04. The van der Waals surface area contributed by atoms with Crippen molar-refractivity contribution < 1.29 is 17.9 Å². The van der Waals surface area contributed by atoms with Crippen molar-refractivity contribution in [3.05, 3.63) is 64.2 Å². The third-order valence-corrected chi connectivity index (χ3v) is 6.06. The van der Waals surface area contributed by atoms with E-state index in [1.54, 1.807) is 25.1 Å². The van der Waals surface area contributed by atoms with E-state index in [4.69, 9.17) is 16.3 Å². The molecule has 0 saturated carbocycles. The molecule has 0 aliphatic carbocycles. The molecule has 136 valence electrons. The molecule has 0 fully saturated rings. The number of halogens is 1. The number of benzene rings is 2. The minimum Gasteiger partial charge on any atom is -0.463 e. The van der Waals surface area contributed by atoms with Gasteiger partial charge in [-0.2, -0.15) is 0 Å². The van der Waals surface area contributed by atoms with Gasteiger partial charge in [0.2, 0.25) is 0 Å². The SMILES string of the molecule is CCOC(=O)C1=Cc2ccc(C)cc2N(S(=O)(=O)c2ccc(Cl)cc2)C1. The van der Waals surface area contributed by atoms with Crippen molar-refractivity contribution in [2.24, 2.45) is 0 Å². The summed E-state index contributed by atoms with van der Waals surface area (Å²) in [4.78, 5) is 12.3. The maximum Gasteiger partial charge on any atom is 0.335 e. The van der Waals surface area contributed by atoms with Crippen molar-refractivity contribution in [2.45, 2.75) is 18.7 Å². The molecule has 0 radical (unpaired) electrons. The Bertz CT molecular complexity index is 981. The highest BCUT2D eigenvalue weighted by molar-refractivity contribution is 7.92. The van der Waals surface area contributed by atoms with Crippen LogP contribution in [0.15, 0.2) is 52.9 Å². The number of carbonyl (C=O) groups is 1. The first kappa shape index (κ1) is 18.5. The third kappa shape index (κ3) is 3.48. The normalized spacial score (nSPS) is 13.8. The summed E-state index contributed by atoms with van der Waals surface area (Å²) in [7, 11) is -3.86. The summed E-state index contributed by atoms with van der Waals surface area (Å²) in [6.07, 6.45) is 1.68. The van der Waals surface area contributed by atoms with Crippen LogP contribution in [0.4, 0.5) is 5.69 Å². The Hall–Kier alpha value is -2.31. The van der Waals surface area contributed by atoms with Crippen LogP contribution in [0.3, 0.4) is 0 Å². The van der Waals surface area contributed by atoms with Gasteiger partial charge in [0.1, 0.15) is 0 Å². The van der Waals surface area contributed by atoms with E-state index in [0.29, 0.717) is 21.8 Å². The van der Waals surface area contributed by atoms with Crippen LogP contribution in [0.2, 0.25) is 5.02 Å². The number of nitrogens with zero attached hydrogens (tertiary/aromatic N) is 1. The fraction of sp³-hybridized carbons (Fsp3) is 0.211. The largest absolute Gasteiger partial charge is 0.463 e. The molecule has 1 aliphatic heterocycles. The number of fused-ring (bicyclic) bond motifs is 1. The second-order valence-electron chi connectivity index (χ2n) is 5.92. The number of hydrogen-bond acceptors (Lipinski definition) is 4. The predicted molar refractivity (Wildman–Crippen MR) is 102 cm³/mol. The molecule has 7 heteroatoms. The van der Waals surface area contributed by atoms with Crippen LogP contribution in [0.1, 0.15) is 18.1 Å². The van der Waals surface area contributed by atoms with Crippen molar-refractivity contribution in [1.29, 1.82) is 0 Å². The minimum atomic E-state index is -3.86.